The van der Waals surface area contributed by atoms with Gasteiger partial charge in [0.25, 0.3) is 0 Å². The van der Waals surface area contributed by atoms with Crippen molar-refractivity contribution in [3.8, 4) is 56.4 Å². The Morgan fingerprint density at radius 2 is 1.02 bits per heavy atom. The number of rotatable bonds is 3. The molecule has 0 bridgehead atoms. The molecule has 0 aliphatic heterocycles. The van der Waals surface area contributed by atoms with E-state index in [9.17, 15) is 0 Å². The van der Waals surface area contributed by atoms with Crippen molar-refractivity contribution in [3.63, 3.8) is 0 Å². The summed E-state index contributed by atoms with van der Waals surface area (Å²) in [6.07, 6.45) is 1.75. The zero-order chi connectivity index (χ0) is 31.3. The molecule has 222 valence electrons. The maximum atomic E-state index is 6.26. The van der Waals surface area contributed by atoms with Crippen molar-refractivity contribution in [2.45, 2.75) is 0 Å². The van der Waals surface area contributed by atoms with E-state index < -0.39 is 0 Å². The maximum absolute atomic E-state index is 6.26. The Bertz CT molecular complexity index is 2840. The van der Waals surface area contributed by atoms with Crippen LogP contribution in [0.2, 0.25) is 0 Å². The Morgan fingerprint density at radius 1 is 0.396 bits per heavy atom. The zero-order valence-electron chi connectivity index (χ0n) is 25.3. The minimum absolute atomic E-state index is 0.545. The summed E-state index contributed by atoms with van der Waals surface area (Å²) in [6.45, 7) is 0. The highest BCUT2D eigenvalue weighted by Gasteiger charge is 2.24. The molecular formula is C42H22N4O2. The molecule has 11 rings (SSSR count). The Balaban J connectivity index is 1.20. The first-order chi connectivity index (χ1) is 23.8. The third kappa shape index (κ3) is 3.51. The second kappa shape index (κ2) is 9.44. The monoisotopic (exact) mass is 614 g/mol. The molecule has 1 aliphatic rings. The Labute approximate surface area is 273 Å². The average Bonchev–Trinajstić information content (AvgIpc) is 3.82. The summed E-state index contributed by atoms with van der Waals surface area (Å²) >= 11 is 0. The van der Waals surface area contributed by atoms with Crippen molar-refractivity contribution in [1.29, 1.82) is 0 Å². The van der Waals surface area contributed by atoms with E-state index in [0.29, 0.717) is 23.2 Å². The van der Waals surface area contributed by atoms with E-state index in [-0.39, 0.29) is 0 Å². The number of hydrogen-bond donors (Lipinski definition) is 0. The first-order valence-corrected chi connectivity index (χ1v) is 15.9. The summed E-state index contributed by atoms with van der Waals surface area (Å²) in [7, 11) is 0. The lowest BCUT2D eigenvalue weighted by Crippen LogP contribution is -2.01. The molecule has 48 heavy (non-hydrogen) atoms. The van der Waals surface area contributed by atoms with E-state index in [1.807, 2.05) is 60.7 Å². The summed E-state index contributed by atoms with van der Waals surface area (Å²) in [4.78, 5) is 20.1. The van der Waals surface area contributed by atoms with Crippen LogP contribution in [0.15, 0.2) is 142 Å². The molecule has 0 spiro atoms. The first-order valence-electron chi connectivity index (χ1n) is 15.9. The van der Waals surface area contributed by atoms with Gasteiger partial charge in [-0.2, -0.15) is 0 Å². The summed E-state index contributed by atoms with van der Waals surface area (Å²) < 4.78 is 12.4. The van der Waals surface area contributed by atoms with Crippen molar-refractivity contribution >= 4 is 54.8 Å². The molecule has 0 saturated heterocycles. The molecule has 6 heteroatoms. The molecule has 4 aromatic heterocycles. The van der Waals surface area contributed by atoms with Crippen molar-refractivity contribution in [3.05, 3.63) is 134 Å². The fraction of sp³-hybridized carbons (Fsp3) is 0. The second-order valence-corrected chi connectivity index (χ2v) is 12.2. The van der Waals surface area contributed by atoms with Gasteiger partial charge in [-0.15, -0.1) is 0 Å². The summed E-state index contributed by atoms with van der Waals surface area (Å²) in [6, 6.07) is 43.6. The predicted molar refractivity (Wildman–Crippen MR) is 190 cm³/mol. The number of furan rings is 2. The lowest BCUT2D eigenvalue weighted by Gasteiger charge is -2.11. The number of nitrogens with zero attached hydrogens (tertiary/aromatic N) is 4. The predicted octanol–water partition coefficient (Wildman–Crippen LogP) is 10.9. The fourth-order valence-corrected chi connectivity index (χ4v) is 7.47. The van der Waals surface area contributed by atoms with Gasteiger partial charge in [0, 0.05) is 39.0 Å². The van der Waals surface area contributed by atoms with E-state index in [0.717, 1.165) is 55.0 Å². The number of pyridine rings is 1. The van der Waals surface area contributed by atoms with Gasteiger partial charge in [-0.3, -0.25) is 0 Å². The van der Waals surface area contributed by atoms with E-state index in [1.165, 1.54) is 33.0 Å². The van der Waals surface area contributed by atoms with Gasteiger partial charge in [-0.05, 0) is 63.4 Å². The molecule has 0 fully saturated rings. The molecule has 0 amide bonds. The summed E-state index contributed by atoms with van der Waals surface area (Å²) in [5.41, 5.74) is 10.4. The van der Waals surface area contributed by atoms with Crippen molar-refractivity contribution in [1.82, 2.24) is 19.9 Å². The molecule has 0 radical (unpaired) electrons. The molecule has 0 saturated carbocycles. The third-order valence-corrected chi connectivity index (χ3v) is 9.56. The van der Waals surface area contributed by atoms with Crippen LogP contribution >= 0.6 is 0 Å². The highest BCUT2D eigenvalue weighted by atomic mass is 16.3. The van der Waals surface area contributed by atoms with Gasteiger partial charge < -0.3 is 8.83 Å². The minimum atomic E-state index is 0.545. The Kier molecular flexibility index (Phi) is 5.02. The second-order valence-electron chi connectivity index (χ2n) is 12.2. The van der Waals surface area contributed by atoms with Crippen molar-refractivity contribution < 1.29 is 8.83 Å². The molecule has 0 N–H and O–H groups in total. The van der Waals surface area contributed by atoms with E-state index in [2.05, 4.69) is 71.7 Å². The van der Waals surface area contributed by atoms with Crippen molar-refractivity contribution in [2.75, 3.05) is 0 Å². The average molecular weight is 615 g/mol. The van der Waals surface area contributed by atoms with Crippen LogP contribution in [0, 0.1) is 0 Å². The lowest BCUT2D eigenvalue weighted by atomic mass is 10.0. The summed E-state index contributed by atoms with van der Waals surface area (Å²) in [5.74, 6) is 1.70. The first kappa shape index (κ1) is 25.5. The number of hydrogen-bond acceptors (Lipinski definition) is 6. The normalized spacial score (nSPS) is 12.2. The molecule has 6 nitrogen and oxygen atoms in total. The highest BCUT2D eigenvalue weighted by Crippen LogP contribution is 2.48. The van der Waals surface area contributed by atoms with Crippen LogP contribution in [-0.2, 0) is 0 Å². The molecular weight excluding hydrogens is 592 g/mol. The van der Waals surface area contributed by atoms with Crippen LogP contribution in [0.5, 0.6) is 0 Å². The van der Waals surface area contributed by atoms with Crippen LogP contribution in [-0.4, -0.2) is 19.9 Å². The fourth-order valence-electron chi connectivity index (χ4n) is 7.47. The van der Waals surface area contributed by atoms with Crippen LogP contribution in [0.3, 0.4) is 0 Å². The van der Waals surface area contributed by atoms with Gasteiger partial charge in [0.15, 0.2) is 17.5 Å². The molecule has 0 unspecified atom stereocenters. The smallest absolute Gasteiger partial charge is 0.228 e. The number of aromatic nitrogens is 4. The van der Waals surface area contributed by atoms with Gasteiger partial charge in [-0.25, -0.2) is 19.9 Å². The SMILES string of the molecule is c1cc2c3c(cccc3c1)-c1cc(-c3nc(-c4cccc5oc6ccccc6c45)nc(-c4ccnc5oc6ccccc6c45)n3)ccc1-2. The van der Waals surface area contributed by atoms with E-state index >= 15 is 0 Å². The molecule has 4 heterocycles. The van der Waals surface area contributed by atoms with E-state index in [1.54, 1.807) is 6.20 Å². The van der Waals surface area contributed by atoms with E-state index in [4.69, 9.17) is 23.8 Å². The van der Waals surface area contributed by atoms with Gasteiger partial charge in [0.2, 0.25) is 5.71 Å². The third-order valence-electron chi connectivity index (χ3n) is 9.56. The topological polar surface area (TPSA) is 77.8 Å². The van der Waals surface area contributed by atoms with Crippen LogP contribution in [0.1, 0.15) is 0 Å². The standard InChI is InChI=1S/C42H22N4O2/c1-3-15-33-28(10-1)37-30(14-7-17-35(37)47-33)40-44-39(24-18-19-25-26-12-5-8-23-9-6-13-27(36(23)26)32(25)22-24)45-41(46-40)31-20-21-43-42-38(31)29-11-2-4-16-34(29)48-42/h1-22H. The molecule has 6 aromatic carbocycles. The minimum Gasteiger partial charge on any atom is -0.456 e. The van der Waals surface area contributed by atoms with Crippen LogP contribution in [0.4, 0.5) is 0 Å². The lowest BCUT2D eigenvalue weighted by molar-refractivity contribution is 0.654. The van der Waals surface area contributed by atoms with Gasteiger partial charge in [0.05, 0.1) is 5.39 Å². The van der Waals surface area contributed by atoms with Crippen LogP contribution in [0.25, 0.3) is 111 Å². The highest BCUT2D eigenvalue weighted by molar-refractivity contribution is 6.16. The Hall–Kier alpha value is -6.66. The largest absolute Gasteiger partial charge is 0.456 e. The van der Waals surface area contributed by atoms with Gasteiger partial charge in [-0.1, -0.05) is 97.1 Å². The maximum Gasteiger partial charge on any atom is 0.228 e. The molecule has 0 atom stereocenters. The number of para-hydroxylation sites is 2. The summed E-state index contributed by atoms with van der Waals surface area (Å²) in [5, 5.41) is 6.35. The van der Waals surface area contributed by atoms with Gasteiger partial charge >= 0.3 is 0 Å². The van der Waals surface area contributed by atoms with Crippen LogP contribution < -0.4 is 0 Å². The molecule has 1 aliphatic carbocycles. The van der Waals surface area contributed by atoms with Gasteiger partial charge in [0.1, 0.15) is 16.7 Å². The number of benzene rings is 6. The quantitative estimate of drug-likeness (QED) is 0.197. The zero-order valence-corrected chi connectivity index (χ0v) is 25.3. The molecule has 10 aromatic rings. The Morgan fingerprint density at radius 3 is 1.83 bits per heavy atom. The van der Waals surface area contributed by atoms with Crippen molar-refractivity contribution in [2.24, 2.45) is 0 Å². The number of fused-ring (bicyclic) bond motifs is 9.